The zero-order chi connectivity index (χ0) is 21.2. The molecular formula is C20H23NO6S. The van der Waals surface area contributed by atoms with Crippen molar-refractivity contribution in [3.05, 3.63) is 57.9 Å². The third-order valence-corrected chi connectivity index (χ3v) is 5.17. The largest absolute Gasteiger partial charge is 0.451 e. The summed E-state index contributed by atoms with van der Waals surface area (Å²) in [4.78, 5) is 39.6. The molecule has 8 heteroatoms. The molecule has 1 aromatic heterocycles. The van der Waals surface area contributed by atoms with Crippen molar-refractivity contribution < 1.29 is 27.5 Å². The molecule has 2 aromatic rings. The molecule has 0 radical (unpaired) electrons. The Kier molecular flexibility index (Phi) is 6.23. The Morgan fingerprint density at radius 2 is 1.68 bits per heavy atom. The average molecular weight is 405 g/mol. The standard InChI is InChI=1S/C20H23NO6S/c1-11-17(13(3)22)12(2)21-18(11)19(23)14(4)27-20(24)16-8-6-15(7-9-16)10-28(5,25)26/h6-9,14,21H,10H2,1-5H3/t14-/m0/s1. The van der Waals surface area contributed by atoms with Crippen molar-refractivity contribution in [2.75, 3.05) is 6.26 Å². The van der Waals surface area contributed by atoms with Crippen molar-refractivity contribution in [2.24, 2.45) is 0 Å². The average Bonchev–Trinajstić information content (AvgIpc) is 2.87. The summed E-state index contributed by atoms with van der Waals surface area (Å²) < 4.78 is 27.9. The minimum absolute atomic E-state index is 0.124. The van der Waals surface area contributed by atoms with Gasteiger partial charge >= 0.3 is 5.97 Å². The number of aromatic nitrogens is 1. The zero-order valence-electron chi connectivity index (χ0n) is 16.5. The third kappa shape index (κ3) is 4.95. The monoisotopic (exact) mass is 405 g/mol. The quantitative estimate of drug-likeness (QED) is 0.560. The second-order valence-corrected chi connectivity index (χ2v) is 9.00. The Labute approximate surface area is 164 Å². The molecule has 1 atom stereocenters. The summed E-state index contributed by atoms with van der Waals surface area (Å²) in [6.45, 7) is 6.26. The first kappa shape index (κ1) is 21.6. The molecule has 0 spiro atoms. The SMILES string of the molecule is CC(=O)c1c(C)[nH]c(C(=O)[C@H](C)OC(=O)c2ccc(CS(C)(=O)=O)cc2)c1C. The summed E-state index contributed by atoms with van der Waals surface area (Å²) in [6, 6.07) is 5.97. The van der Waals surface area contributed by atoms with Crippen molar-refractivity contribution in [1.29, 1.82) is 0 Å². The fraction of sp³-hybridized carbons (Fsp3) is 0.350. The summed E-state index contributed by atoms with van der Waals surface area (Å²) in [5.74, 6) is -1.40. The second kappa shape index (κ2) is 8.10. The van der Waals surface area contributed by atoms with Crippen LogP contribution in [0, 0.1) is 13.8 Å². The van der Waals surface area contributed by atoms with E-state index >= 15 is 0 Å². The number of carbonyl (C=O) groups excluding carboxylic acids is 3. The molecule has 28 heavy (non-hydrogen) atoms. The van der Waals surface area contributed by atoms with Gasteiger partial charge in [-0.3, -0.25) is 9.59 Å². The Hall–Kier alpha value is -2.74. The van der Waals surface area contributed by atoms with Crippen LogP contribution in [0.3, 0.4) is 0 Å². The van der Waals surface area contributed by atoms with E-state index in [0.29, 0.717) is 22.4 Å². The lowest BCUT2D eigenvalue weighted by Gasteiger charge is -2.12. The van der Waals surface area contributed by atoms with Gasteiger partial charge in [0.1, 0.15) is 0 Å². The number of ether oxygens (including phenoxy) is 1. The van der Waals surface area contributed by atoms with Crippen LogP contribution in [0.25, 0.3) is 0 Å². The highest BCUT2D eigenvalue weighted by molar-refractivity contribution is 7.89. The van der Waals surface area contributed by atoms with Gasteiger partial charge in [0.05, 0.1) is 17.0 Å². The number of Topliss-reactive ketones (excluding diaryl/α,β-unsaturated/α-hetero) is 2. The number of rotatable bonds is 7. The van der Waals surface area contributed by atoms with Gasteiger partial charge in [-0.15, -0.1) is 0 Å². The number of aryl methyl sites for hydroxylation is 1. The number of H-pyrrole nitrogens is 1. The summed E-state index contributed by atoms with van der Waals surface area (Å²) in [5, 5.41) is 0. The minimum atomic E-state index is -3.17. The van der Waals surface area contributed by atoms with Crippen LogP contribution in [0.15, 0.2) is 24.3 Å². The van der Waals surface area contributed by atoms with Gasteiger partial charge in [-0.1, -0.05) is 12.1 Å². The van der Waals surface area contributed by atoms with E-state index in [1.807, 2.05) is 0 Å². The van der Waals surface area contributed by atoms with Gasteiger partial charge in [0.2, 0.25) is 5.78 Å². The fourth-order valence-electron chi connectivity index (χ4n) is 3.05. The summed E-state index contributed by atoms with van der Waals surface area (Å²) in [5.41, 5.74) is 2.59. The fourth-order valence-corrected chi connectivity index (χ4v) is 3.85. The topological polar surface area (TPSA) is 110 Å². The van der Waals surface area contributed by atoms with Crippen LogP contribution in [0.2, 0.25) is 0 Å². The highest BCUT2D eigenvalue weighted by Gasteiger charge is 2.26. The van der Waals surface area contributed by atoms with Crippen LogP contribution in [-0.4, -0.2) is 43.3 Å². The van der Waals surface area contributed by atoms with E-state index < -0.39 is 27.7 Å². The highest BCUT2D eigenvalue weighted by atomic mass is 32.2. The van der Waals surface area contributed by atoms with Crippen molar-refractivity contribution in [2.45, 2.75) is 39.6 Å². The van der Waals surface area contributed by atoms with E-state index in [2.05, 4.69) is 4.98 Å². The second-order valence-electron chi connectivity index (χ2n) is 6.86. The summed E-state index contributed by atoms with van der Waals surface area (Å²) in [6.07, 6.45) is 0.0735. The van der Waals surface area contributed by atoms with Crippen molar-refractivity contribution in [3.63, 3.8) is 0 Å². The Morgan fingerprint density at radius 1 is 1.11 bits per heavy atom. The molecule has 1 aromatic carbocycles. The van der Waals surface area contributed by atoms with E-state index in [4.69, 9.17) is 4.74 Å². The van der Waals surface area contributed by atoms with Gasteiger partial charge in [-0.05, 0) is 51.0 Å². The van der Waals surface area contributed by atoms with Crippen LogP contribution in [-0.2, 0) is 20.3 Å². The maximum atomic E-state index is 12.6. The first-order valence-electron chi connectivity index (χ1n) is 8.62. The molecule has 0 aliphatic heterocycles. The Balaban J connectivity index is 2.13. The summed E-state index contributed by atoms with van der Waals surface area (Å²) in [7, 11) is -3.17. The number of aromatic amines is 1. The number of esters is 1. The molecule has 7 nitrogen and oxygen atoms in total. The van der Waals surface area contributed by atoms with E-state index in [9.17, 15) is 22.8 Å². The molecule has 2 rings (SSSR count). The molecular weight excluding hydrogens is 382 g/mol. The molecule has 0 aliphatic carbocycles. The number of sulfone groups is 1. The van der Waals surface area contributed by atoms with Gasteiger partial charge in [-0.25, -0.2) is 13.2 Å². The molecule has 1 heterocycles. The van der Waals surface area contributed by atoms with E-state index in [1.54, 1.807) is 13.8 Å². The molecule has 0 saturated heterocycles. The number of benzene rings is 1. The lowest BCUT2D eigenvalue weighted by molar-refractivity contribution is 0.0317. The number of hydrogen-bond donors (Lipinski definition) is 1. The van der Waals surface area contributed by atoms with Crippen LogP contribution in [0.4, 0.5) is 0 Å². The van der Waals surface area contributed by atoms with Crippen molar-refractivity contribution in [1.82, 2.24) is 4.98 Å². The van der Waals surface area contributed by atoms with E-state index in [-0.39, 0.29) is 22.8 Å². The molecule has 1 N–H and O–H groups in total. The molecule has 0 saturated carbocycles. The maximum absolute atomic E-state index is 12.6. The lowest BCUT2D eigenvalue weighted by Crippen LogP contribution is -2.25. The van der Waals surface area contributed by atoms with Gasteiger partial charge in [-0.2, -0.15) is 0 Å². The van der Waals surface area contributed by atoms with Crippen molar-refractivity contribution in [3.8, 4) is 0 Å². The third-order valence-electron chi connectivity index (χ3n) is 4.31. The van der Waals surface area contributed by atoms with Gasteiger partial charge < -0.3 is 9.72 Å². The van der Waals surface area contributed by atoms with Crippen molar-refractivity contribution >= 4 is 27.4 Å². The van der Waals surface area contributed by atoms with Crippen LogP contribution in [0.5, 0.6) is 0 Å². The number of carbonyl (C=O) groups is 3. The first-order valence-corrected chi connectivity index (χ1v) is 10.7. The van der Waals surface area contributed by atoms with Crippen LogP contribution in [0.1, 0.15) is 61.9 Å². The van der Waals surface area contributed by atoms with Crippen LogP contribution >= 0.6 is 0 Å². The molecule has 0 amide bonds. The predicted octanol–water partition coefficient (Wildman–Crippen LogP) is 2.81. The smallest absolute Gasteiger partial charge is 0.338 e. The normalized spacial score (nSPS) is 12.5. The number of hydrogen-bond acceptors (Lipinski definition) is 6. The molecule has 0 unspecified atom stereocenters. The lowest BCUT2D eigenvalue weighted by atomic mass is 10.0. The Bertz CT molecular complexity index is 1030. The molecule has 0 fully saturated rings. The maximum Gasteiger partial charge on any atom is 0.338 e. The van der Waals surface area contributed by atoms with E-state index in [0.717, 1.165) is 6.26 Å². The van der Waals surface area contributed by atoms with E-state index in [1.165, 1.54) is 38.1 Å². The highest BCUT2D eigenvalue weighted by Crippen LogP contribution is 2.21. The molecule has 0 bridgehead atoms. The van der Waals surface area contributed by atoms with Gasteiger partial charge in [0.25, 0.3) is 0 Å². The molecule has 0 aliphatic rings. The minimum Gasteiger partial charge on any atom is -0.451 e. The number of ketones is 2. The zero-order valence-corrected chi connectivity index (χ0v) is 17.3. The van der Waals surface area contributed by atoms with Gasteiger partial charge in [0.15, 0.2) is 21.7 Å². The van der Waals surface area contributed by atoms with Gasteiger partial charge in [0, 0.05) is 17.5 Å². The summed E-state index contributed by atoms with van der Waals surface area (Å²) >= 11 is 0. The molecule has 150 valence electrons. The predicted molar refractivity (Wildman–Crippen MR) is 104 cm³/mol. The number of nitrogens with one attached hydrogen (secondary N) is 1. The first-order chi connectivity index (χ1) is 12.9. The van der Waals surface area contributed by atoms with Crippen LogP contribution < -0.4 is 0 Å². The Morgan fingerprint density at radius 3 is 2.14 bits per heavy atom.